The quantitative estimate of drug-likeness (QED) is 0.498. The minimum atomic E-state index is -0.328. The summed E-state index contributed by atoms with van der Waals surface area (Å²) in [7, 11) is 0. The van der Waals surface area contributed by atoms with Crippen LogP contribution in [-0.2, 0) is 4.79 Å². The number of halogens is 1. The predicted octanol–water partition coefficient (Wildman–Crippen LogP) is 4.86. The van der Waals surface area contributed by atoms with Gasteiger partial charge in [0.15, 0.2) is 0 Å². The molecule has 3 aromatic rings. The Morgan fingerprint density at radius 2 is 1.97 bits per heavy atom. The van der Waals surface area contributed by atoms with Gasteiger partial charge in [-0.2, -0.15) is 5.10 Å². The van der Waals surface area contributed by atoms with Crippen molar-refractivity contribution >= 4 is 34.8 Å². The van der Waals surface area contributed by atoms with E-state index in [0.717, 1.165) is 17.7 Å². The van der Waals surface area contributed by atoms with Crippen LogP contribution in [0.25, 0.3) is 0 Å². The Balaban J connectivity index is 1.48. The molecule has 1 aliphatic rings. The van der Waals surface area contributed by atoms with Crippen molar-refractivity contribution in [2.75, 3.05) is 18.4 Å². The summed E-state index contributed by atoms with van der Waals surface area (Å²) in [5, 5.41) is 12.7. The second-order valence-electron chi connectivity index (χ2n) is 7.72. The second-order valence-corrected chi connectivity index (χ2v) is 8.15. The van der Waals surface area contributed by atoms with Crippen LogP contribution in [0.5, 0.6) is 0 Å². The van der Waals surface area contributed by atoms with Crippen LogP contribution in [0.4, 0.5) is 5.69 Å². The molecule has 2 heterocycles. The number of nitrogens with zero attached hydrogens (tertiary/aromatic N) is 2. The number of carbonyl (C=O) groups excluding carboxylic acids is 2. The molecule has 0 saturated carbocycles. The molecule has 4 rings (SSSR count). The molecular formula is C25H25ClN4O3. The van der Waals surface area contributed by atoms with Crippen molar-refractivity contribution in [1.82, 2.24) is 10.3 Å². The van der Waals surface area contributed by atoms with Gasteiger partial charge in [-0.15, -0.1) is 0 Å². The van der Waals surface area contributed by atoms with Crippen LogP contribution >= 0.6 is 11.6 Å². The van der Waals surface area contributed by atoms with Gasteiger partial charge in [-0.25, -0.2) is 5.01 Å². The number of anilines is 1. The zero-order chi connectivity index (χ0) is 23.2. The van der Waals surface area contributed by atoms with Crippen molar-refractivity contribution in [3.63, 3.8) is 0 Å². The third-order valence-electron chi connectivity index (χ3n) is 5.32. The van der Waals surface area contributed by atoms with Gasteiger partial charge in [0, 0.05) is 29.2 Å². The van der Waals surface area contributed by atoms with Crippen LogP contribution in [-0.4, -0.2) is 35.6 Å². The number of hydrazone groups is 1. The average Bonchev–Trinajstić information content (AvgIpc) is 3.52. The normalized spacial score (nSPS) is 15.3. The molecule has 2 aromatic carbocycles. The minimum Gasteiger partial charge on any atom is -0.467 e. The Bertz CT molecular complexity index is 1140. The summed E-state index contributed by atoms with van der Waals surface area (Å²) in [6.07, 6.45) is 2.99. The molecule has 7 nitrogen and oxygen atoms in total. The van der Waals surface area contributed by atoms with Crippen LogP contribution in [0, 0.1) is 0 Å². The van der Waals surface area contributed by atoms with E-state index in [1.165, 1.54) is 5.01 Å². The standard InChI is InChI=1S/C25H25ClN4O3/c1-2-12-27-25(32)18-5-3-6-20(14-18)28-16-24(31)30-22(23-7-4-13-33-23)15-21(29-30)17-8-10-19(26)11-9-17/h3-11,13-14,22,28H,2,12,15-16H2,1H3,(H,27,32). The van der Waals surface area contributed by atoms with Crippen molar-refractivity contribution in [3.8, 4) is 0 Å². The van der Waals surface area contributed by atoms with Gasteiger partial charge in [0.2, 0.25) is 0 Å². The number of furan rings is 1. The number of rotatable bonds is 8. The van der Waals surface area contributed by atoms with Gasteiger partial charge in [0.25, 0.3) is 11.8 Å². The molecule has 0 aliphatic carbocycles. The molecule has 33 heavy (non-hydrogen) atoms. The summed E-state index contributed by atoms with van der Waals surface area (Å²) in [6, 6.07) is 17.8. The number of benzene rings is 2. The molecule has 0 bridgehead atoms. The predicted molar refractivity (Wildman–Crippen MR) is 128 cm³/mol. The van der Waals surface area contributed by atoms with Crippen molar-refractivity contribution in [1.29, 1.82) is 0 Å². The summed E-state index contributed by atoms with van der Waals surface area (Å²) < 4.78 is 5.59. The Kier molecular flexibility index (Phi) is 7.10. The van der Waals surface area contributed by atoms with Gasteiger partial charge in [-0.3, -0.25) is 9.59 Å². The number of amides is 2. The van der Waals surface area contributed by atoms with E-state index in [1.807, 2.05) is 31.2 Å². The first kappa shape index (κ1) is 22.6. The van der Waals surface area contributed by atoms with Gasteiger partial charge >= 0.3 is 0 Å². The third-order valence-corrected chi connectivity index (χ3v) is 5.57. The maximum atomic E-state index is 13.1. The fourth-order valence-electron chi connectivity index (χ4n) is 3.63. The summed E-state index contributed by atoms with van der Waals surface area (Å²) in [6.45, 7) is 2.64. The molecule has 8 heteroatoms. The molecule has 1 unspecified atom stereocenters. The van der Waals surface area contributed by atoms with Gasteiger partial charge in [0.1, 0.15) is 11.8 Å². The van der Waals surface area contributed by atoms with E-state index in [4.69, 9.17) is 16.0 Å². The highest BCUT2D eigenvalue weighted by molar-refractivity contribution is 6.30. The molecule has 170 valence electrons. The van der Waals surface area contributed by atoms with Gasteiger partial charge in [0.05, 0.1) is 18.5 Å². The zero-order valence-corrected chi connectivity index (χ0v) is 19.0. The highest BCUT2D eigenvalue weighted by Gasteiger charge is 2.34. The van der Waals surface area contributed by atoms with Crippen LogP contribution in [0.1, 0.15) is 47.5 Å². The first-order valence-corrected chi connectivity index (χ1v) is 11.2. The van der Waals surface area contributed by atoms with Crippen molar-refractivity contribution in [3.05, 3.63) is 88.8 Å². The highest BCUT2D eigenvalue weighted by atomic mass is 35.5. The molecule has 2 N–H and O–H groups in total. The molecule has 2 amide bonds. The number of carbonyl (C=O) groups is 2. The van der Waals surface area contributed by atoms with E-state index in [2.05, 4.69) is 15.7 Å². The monoisotopic (exact) mass is 464 g/mol. The second kappa shape index (κ2) is 10.4. The number of hydrogen-bond acceptors (Lipinski definition) is 5. The molecule has 1 atom stereocenters. The maximum Gasteiger partial charge on any atom is 0.262 e. The van der Waals surface area contributed by atoms with E-state index in [0.29, 0.717) is 35.0 Å². The van der Waals surface area contributed by atoms with Crippen molar-refractivity contribution in [2.24, 2.45) is 5.10 Å². The fraction of sp³-hybridized carbons (Fsp3) is 0.240. The zero-order valence-electron chi connectivity index (χ0n) is 18.3. The topological polar surface area (TPSA) is 86.9 Å². The third kappa shape index (κ3) is 5.43. The lowest BCUT2D eigenvalue weighted by Crippen LogP contribution is -2.32. The minimum absolute atomic E-state index is 0.0225. The van der Waals surface area contributed by atoms with Crippen LogP contribution in [0.15, 0.2) is 76.4 Å². The summed E-state index contributed by atoms with van der Waals surface area (Å²) in [4.78, 5) is 25.3. The molecule has 0 spiro atoms. The Labute approximate surface area is 197 Å². The SMILES string of the molecule is CCCNC(=O)c1cccc(NCC(=O)N2N=C(c3ccc(Cl)cc3)CC2c2ccco2)c1. The van der Waals surface area contributed by atoms with Crippen LogP contribution in [0.2, 0.25) is 5.02 Å². The van der Waals surface area contributed by atoms with E-state index >= 15 is 0 Å². The first-order valence-electron chi connectivity index (χ1n) is 10.9. The first-order chi connectivity index (χ1) is 16.0. The highest BCUT2D eigenvalue weighted by Crippen LogP contribution is 2.33. The van der Waals surface area contributed by atoms with Crippen molar-refractivity contribution in [2.45, 2.75) is 25.8 Å². The van der Waals surface area contributed by atoms with Crippen molar-refractivity contribution < 1.29 is 14.0 Å². The molecular weight excluding hydrogens is 440 g/mol. The van der Waals surface area contributed by atoms with Gasteiger partial charge in [-0.1, -0.05) is 36.7 Å². The maximum absolute atomic E-state index is 13.1. The van der Waals surface area contributed by atoms with E-state index < -0.39 is 0 Å². The molecule has 1 aromatic heterocycles. The summed E-state index contributed by atoms with van der Waals surface area (Å²) in [5.74, 6) is 0.327. The summed E-state index contributed by atoms with van der Waals surface area (Å²) >= 11 is 6.01. The van der Waals surface area contributed by atoms with E-state index in [1.54, 1.807) is 42.7 Å². The molecule has 0 radical (unpaired) electrons. The smallest absolute Gasteiger partial charge is 0.262 e. The molecule has 0 fully saturated rings. The van der Waals surface area contributed by atoms with Crippen LogP contribution in [0.3, 0.4) is 0 Å². The summed E-state index contributed by atoms with van der Waals surface area (Å²) in [5.41, 5.74) is 2.92. The Morgan fingerprint density at radius 3 is 2.70 bits per heavy atom. The average molecular weight is 465 g/mol. The van der Waals surface area contributed by atoms with Gasteiger partial charge < -0.3 is 15.1 Å². The Hall–Kier alpha value is -3.58. The lowest BCUT2D eigenvalue weighted by molar-refractivity contribution is -0.131. The fourth-order valence-corrected chi connectivity index (χ4v) is 3.76. The van der Waals surface area contributed by atoms with Crippen LogP contribution < -0.4 is 10.6 Å². The van der Waals surface area contributed by atoms with E-state index in [-0.39, 0.29) is 24.4 Å². The lowest BCUT2D eigenvalue weighted by atomic mass is 10.0. The molecule has 1 aliphatic heterocycles. The number of nitrogens with one attached hydrogen (secondary N) is 2. The van der Waals surface area contributed by atoms with E-state index in [9.17, 15) is 9.59 Å². The lowest BCUT2D eigenvalue weighted by Gasteiger charge is -2.20. The molecule has 0 saturated heterocycles. The number of hydrogen-bond donors (Lipinski definition) is 2. The Morgan fingerprint density at radius 1 is 1.15 bits per heavy atom. The van der Waals surface area contributed by atoms with Gasteiger partial charge in [-0.05, 0) is 54.4 Å². The largest absolute Gasteiger partial charge is 0.467 e.